The van der Waals surface area contributed by atoms with Crippen LogP contribution in [0.15, 0.2) is 60.8 Å². The molecule has 0 fully saturated rings. The Morgan fingerprint density at radius 2 is 1.16 bits per heavy atom. The van der Waals surface area contributed by atoms with Crippen LogP contribution in [0.3, 0.4) is 0 Å². The first-order valence-corrected chi connectivity index (χ1v) is 9.35. The molecular formula is C22H18F6N2O2. The topological polar surface area (TPSA) is 56.6 Å². The molecule has 1 aromatic heterocycles. The van der Waals surface area contributed by atoms with Gasteiger partial charge in [-0.2, -0.15) is 26.3 Å². The van der Waals surface area contributed by atoms with Gasteiger partial charge in [0.05, 0.1) is 16.8 Å². The van der Waals surface area contributed by atoms with Gasteiger partial charge >= 0.3 is 12.4 Å². The Morgan fingerprint density at radius 1 is 0.656 bits per heavy atom. The van der Waals surface area contributed by atoms with E-state index in [-0.39, 0.29) is 30.8 Å². The zero-order chi connectivity index (χ0) is 23.5. The van der Waals surface area contributed by atoms with Crippen LogP contribution in [-0.2, 0) is 32.0 Å². The van der Waals surface area contributed by atoms with Crippen molar-refractivity contribution >= 4 is 0 Å². The third-order valence-corrected chi connectivity index (χ3v) is 4.75. The first kappa shape index (κ1) is 23.4. The normalized spacial score (nSPS) is 12.3. The number of para-hydroxylation sites is 2. The molecule has 0 atom stereocenters. The molecule has 2 N–H and O–H groups in total. The Morgan fingerprint density at radius 3 is 1.56 bits per heavy atom. The summed E-state index contributed by atoms with van der Waals surface area (Å²) in [6.07, 6.45) is -8.05. The van der Waals surface area contributed by atoms with Crippen molar-refractivity contribution in [3.63, 3.8) is 0 Å². The standard InChI is InChI=1S/C22H18F6N2O2/c23-21(24,25)17-8-3-5-14(19(17)31)11-30(13-16-7-1-2-10-29-16)12-15-6-4-9-18(20(15)32)22(26,27)28/h1-10,31-32H,11-13H2. The van der Waals surface area contributed by atoms with E-state index in [1.807, 2.05) is 0 Å². The first-order chi connectivity index (χ1) is 15.0. The fraction of sp³-hybridized carbons (Fsp3) is 0.227. The van der Waals surface area contributed by atoms with Crippen molar-refractivity contribution in [1.29, 1.82) is 0 Å². The van der Waals surface area contributed by atoms with Gasteiger partial charge in [-0.05, 0) is 24.3 Å². The van der Waals surface area contributed by atoms with E-state index in [1.165, 1.54) is 23.2 Å². The van der Waals surface area contributed by atoms with Gasteiger partial charge in [-0.15, -0.1) is 0 Å². The number of halogens is 6. The molecule has 10 heteroatoms. The zero-order valence-corrected chi connectivity index (χ0v) is 16.5. The zero-order valence-electron chi connectivity index (χ0n) is 16.5. The molecule has 3 aromatic rings. The van der Waals surface area contributed by atoms with E-state index in [0.29, 0.717) is 5.69 Å². The van der Waals surface area contributed by atoms with Gasteiger partial charge in [-0.3, -0.25) is 9.88 Å². The van der Waals surface area contributed by atoms with Crippen molar-refractivity contribution in [2.45, 2.75) is 32.0 Å². The van der Waals surface area contributed by atoms with Crippen LogP contribution in [0.5, 0.6) is 11.5 Å². The Labute approximate surface area is 179 Å². The van der Waals surface area contributed by atoms with Gasteiger partial charge in [0.2, 0.25) is 0 Å². The summed E-state index contributed by atoms with van der Waals surface area (Å²) >= 11 is 0. The summed E-state index contributed by atoms with van der Waals surface area (Å²) in [5.41, 5.74) is -2.06. The van der Waals surface area contributed by atoms with Crippen LogP contribution >= 0.6 is 0 Å². The Balaban J connectivity index is 1.96. The van der Waals surface area contributed by atoms with Crippen LogP contribution in [0.25, 0.3) is 0 Å². The summed E-state index contributed by atoms with van der Waals surface area (Å²) in [5, 5.41) is 20.3. The molecule has 0 saturated heterocycles. The molecule has 170 valence electrons. The van der Waals surface area contributed by atoms with E-state index < -0.39 is 35.0 Å². The highest BCUT2D eigenvalue weighted by Crippen LogP contribution is 2.39. The number of phenols is 2. The number of aromatic nitrogens is 1. The molecule has 0 spiro atoms. The molecule has 0 aliphatic rings. The number of pyridine rings is 1. The number of aromatic hydroxyl groups is 2. The third-order valence-electron chi connectivity index (χ3n) is 4.75. The van der Waals surface area contributed by atoms with Gasteiger partial charge in [0, 0.05) is 37.0 Å². The lowest BCUT2D eigenvalue weighted by Gasteiger charge is -2.24. The SMILES string of the molecule is Oc1c(CN(Cc2ccccn2)Cc2cccc(C(F)(F)F)c2O)cccc1C(F)(F)F. The average Bonchev–Trinajstić information content (AvgIpc) is 2.70. The molecule has 0 amide bonds. The molecule has 0 unspecified atom stereocenters. The van der Waals surface area contributed by atoms with E-state index >= 15 is 0 Å². The van der Waals surface area contributed by atoms with Crippen molar-refractivity contribution < 1.29 is 36.6 Å². The van der Waals surface area contributed by atoms with Crippen LogP contribution in [-0.4, -0.2) is 20.1 Å². The second-order valence-corrected chi connectivity index (χ2v) is 7.09. The molecule has 0 radical (unpaired) electrons. The van der Waals surface area contributed by atoms with Gasteiger partial charge < -0.3 is 10.2 Å². The lowest BCUT2D eigenvalue weighted by atomic mass is 10.1. The van der Waals surface area contributed by atoms with E-state index in [9.17, 15) is 36.6 Å². The smallest absolute Gasteiger partial charge is 0.419 e. The fourth-order valence-corrected chi connectivity index (χ4v) is 3.27. The molecule has 32 heavy (non-hydrogen) atoms. The van der Waals surface area contributed by atoms with Crippen LogP contribution in [0.1, 0.15) is 27.9 Å². The minimum atomic E-state index is -4.77. The predicted molar refractivity (Wildman–Crippen MR) is 103 cm³/mol. The average molecular weight is 456 g/mol. The van der Waals surface area contributed by atoms with E-state index in [1.54, 1.807) is 18.2 Å². The summed E-state index contributed by atoms with van der Waals surface area (Å²) in [7, 11) is 0. The number of hydrogen-bond acceptors (Lipinski definition) is 4. The number of alkyl halides is 6. The second kappa shape index (κ2) is 9.07. The number of phenolic OH excluding ortho intramolecular Hbond substituents is 2. The fourth-order valence-electron chi connectivity index (χ4n) is 3.27. The first-order valence-electron chi connectivity index (χ1n) is 9.35. The number of hydrogen-bond donors (Lipinski definition) is 2. The summed E-state index contributed by atoms with van der Waals surface area (Å²) in [4.78, 5) is 5.61. The maximum Gasteiger partial charge on any atom is 0.419 e. The van der Waals surface area contributed by atoms with Crippen molar-refractivity contribution in [1.82, 2.24) is 9.88 Å². The van der Waals surface area contributed by atoms with Crippen molar-refractivity contribution in [2.24, 2.45) is 0 Å². The Hall–Kier alpha value is -3.27. The van der Waals surface area contributed by atoms with Gasteiger partial charge in [0.1, 0.15) is 11.5 Å². The van der Waals surface area contributed by atoms with Crippen molar-refractivity contribution in [3.8, 4) is 11.5 Å². The van der Waals surface area contributed by atoms with E-state index in [4.69, 9.17) is 0 Å². The molecule has 4 nitrogen and oxygen atoms in total. The highest BCUT2D eigenvalue weighted by Gasteiger charge is 2.36. The Bertz CT molecular complexity index is 1000. The van der Waals surface area contributed by atoms with Gasteiger partial charge in [0.15, 0.2) is 0 Å². The lowest BCUT2D eigenvalue weighted by Crippen LogP contribution is -2.24. The van der Waals surface area contributed by atoms with Gasteiger partial charge in [-0.1, -0.05) is 30.3 Å². The quantitative estimate of drug-likeness (QED) is 0.465. The Kier molecular flexibility index (Phi) is 6.63. The maximum absolute atomic E-state index is 13.1. The summed E-state index contributed by atoms with van der Waals surface area (Å²) in [6.45, 7) is -0.420. The predicted octanol–water partition coefficient (Wildman–Crippen LogP) is 5.73. The van der Waals surface area contributed by atoms with Crippen LogP contribution < -0.4 is 0 Å². The molecule has 2 aromatic carbocycles. The van der Waals surface area contributed by atoms with E-state index in [0.717, 1.165) is 24.3 Å². The highest BCUT2D eigenvalue weighted by molar-refractivity contribution is 5.43. The summed E-state index contributed by atoms with van der Waals surface area (Å²) in [6, 6.07) is 11.3. The number of nitrogens with zero attached hydrogens (tertiary/aromatic N) is 2. The van der Waals surface area contributed by atoms with Gasteiger partial charge in [0.25, 0.3) is 0 Å². The van der Waals surface area contributed by atoms with Gasteiger partial charge in [-0.25, -0.2) is 0 Å². The molecular weight excluding hydrogens is 438 g/mol. The van der Waals surface area contributed by atoms with Crippen LogP contribution in [0, 0.1) is 0 Å². The third kappa shape index (κ3) is 5.50. The lowest BCUT2D eigenvalue weighted by molar-refractivity contribution is -0.139. The summed E-state index contributed by atoms with van der Waals surface area (Å²) < 4.78 is 78.9. The molecule has 1 heterocycles. The maximum atomic E-state index is 13.1. The molecule has 0 aliphatic heterocycles. The van der Waals surface area contributed by atoms with Crippen LogP contribution in [0.2, 0.25) is 0 Å². The van der Waals surface area contributed by atoms with Crippen molar-refractivity contribution in [2.75, 3.05) is 0 Å². The van der Waals surface area contributed by atoms with E-state index in [2.05, 4.69) is 4.98 Å². The monoisotopic (exact) mass is 456 g/mol. The molecule has 0 aliphatic carbocycles. The van der Waals surface area contributed by atoms with Crippen molar-refractivity contribution in [3.05, 3.63) is 88.7 Å². The number of rotatable bonds is 6. The highest BCUT2D eigenvalue weighted by atomic mass is 19.4. The van der Waals surface area contributed by atoms with Crippen LogP contribution in [0.4, 0.5) is 26.3 Å². The number of benzene rings is 2. The molecule has 0 bridgehead atoms. The largest absolute Gasteiger partial charge is 0.507 e. The minimum Gasteiger partial charge on any atom is -0.507 e. The minimum absolute atomic E-state index is 0.0478. The summed E-state index contributed by atoms with van der Waals surface area (Å²) in [5.74, 6) is -1.92. The second-order valence-electron chi connectivity index (χ2n) is 7.09. The molecule has 3 rings (SSSR count). The molecule has 0 saturated carbocycles.